The molecule has 1 fully saturated rings. The smallest absolute Gasteiger partial charge is 0.223 e. The van der Waals surface area contributed by atoms with Gasteiger partial charge in [-0.2, -0.15) is 0 Å². The molecule has 20 heavy (non-hydrogen) atoms. The number of hydrogen-bond donors (Lipinski definition) is 3. The van der Waals surface area contributed by atoms with E-state index < -0.39 is 6.10 Å². The van der Waals surface area contributed by atoms with E-state index in [0.29, 0.717) is 25.4 Å². The number of benzene rings is 1. The molecule has 1 saturated heterocycles. The Balaban J connectivity index is 1.61. The second-order valence-electron chi connectivity index (χ2n) is 4.84. The lowest BCUT2D eigenvalue weighted by Gasteiger charge is -2.14. The molecule has 0 bridgehead atoms. The van der Waals surface area contributed by atoms with E-state index >= 15 is 0 Å². The molecular formula is C14H19FN2O3. The fraction of sp³-hybridized carbons (Fsp3) is 0.500. The highest BCUT2D eigenvalue weighted by molar-refractivity contribution is 5.76. The maximum Gasteiger partial charge on any atom is 0.223 e. The monoisotopic (exact) mass is 282 g/mol. The molecule has 2 rings (SSSR count). The molecule has 110 valence electrons. The van der Waals surface area contributed by atoms with Crippen molar-refractivity contribution in [3.8, 4) is 5.75 Å². The SMILES string of the molecule is O=C(CCOc1ccc(F)cc1)NCC1CNCC1O. The summed E-state index contributed by atoms with van der Waals surface area (Å²) in [5.41, 5.74) is 0. The summed E-state index contributed by atoms with van der Waals surface area (Å²) in [6.45, 7) is 1.99. The lowest BCUT2D eigenvalue weighted by atomic mass is 10.1. The Hall–Kier alpha value is -1.66. The third-order valence-corrected chi connectivity index (χ3v) is 3.28. The van der Waals surface area contributed by atoms with Crippen molar-refractivity contribution in [1.82, 2.24) is 10.6 Å². The molecule has 1 heterocycles. The van der Waals surface area contributed by atoms with Crippen LogP contribution in [0.25, 0.3) is 0 Å². The summed E-state index contributed by atoms with van der Waals surface area (Å²) in [5, 5.41) is 15.4. The van der Waals surface area contributed by atoms with E-state index in [1.165, 1.54) is 24.3 Å². The third kappa shape index (κ3) is 4.47. The number of ether oxygens (including phenoxy) is 1. The van der Waals surface area contributed by atoms with Crippen molar-refractivity contribution < 1.29 is 19.0 Å². The van der Waals surface area contributed by atoms with Gasteiger partial charge in [-0.15, -0.1) is 0 Å². The number of β-amino-alcohol motifs (C(OH)–C–C–N with tert-alkyl or cyclic N) is 1. The van der Waals surface area contributed by atoms with Crippen LogP contribution in [0.2, 0.25) is 0 Å². The van der Waals surface area contributed by atoms with Crippen molar-refractivity contribution in [3.05, 3.63) is 30.1 Å². The zero-order chi connectivity index (χ0) is 14.4. The number of rotatable bonds is 6. The summed E-state index contributed by atoms with van der Waals surface area (Å²) in [5.74, 6) is 0.164. The number of hydrogen-bond acceptors (Lipinski definition) is 4. The van der Waals surface area contributed by atoms with Crippen molar-refractivity contribution in [2.24, 2.45) is 5.92 Å². The average Bonchev–Trinajstić information content (AvgIpc) is 2.84. The summed E-state index contributed by atoms with van der Waals surface area (Å²) in [6.07, 6.45) is -0.168. The van der Waals surface area contributed by atoms with Crippen molar-refractivity contribution in [1.29, 1.82) is 0 Å². The van der Waals surface area contributed by atoms with Gasteiger partial charge in [-0.1, -0.05) is 0 Å². The van der Waals surface area contributed by atoms with Gasteiger partial charge in [0.25, 0.3) is 0 Å². The van der Waals surface area contributed by atoms with Gasteiger partial charge in [0.2, 0.25) is 5.91 Å². The highest BCUT2D eigenvalue weighted by Gasteiger charge is 2.24. The molecule has 1 aromatic rings. The van der Waals surface area contributed by atoms with Gasteiger partial charge < -0.3 is 20.5 Å². The fourth-order valence-electron chi connectivity index (χ4n) is 2.05. The Morgan fingerprint density at radius 2 is 2.15 bits per heavy atom. The largest absolute Gasteiger partial charge is 0.493 e. The molecular weight excluding hydrogens is 263 g/mol. The van der Waals surface area contributed by atoms with Crippen LogP contribution >= 0.6 is 0 Å². The van der Waals surface area contributed by atoms with Gasteiger partial charge >= 0.3 is 0 Å². The molecule has 1 amide bonds. The fourth-order valence-corrected chi connectivity index (χ4v) is 2.05. The third-order valence-electron chi connectivity index (χ3n) is 3.28. The standard InChI is InChI=1S/C14H19FN2O3/c15-11-1-3-12(4-2-11)20-6-5-14(19)17-8-10-7-16-9-13(10)18/h1-4,10,13,16,18H,5-9H2,(H,17,19). The van der Waals surface area contributed by atoms with Gasteiger partial charge in [0, 0.05) is 25.6 Å². The molecule has 2 unspecified atom stereocenters. The first-order valence-corrected chi connectivity index (χ1v) is 6.69. The molecule has 1 aliphatic rings. The van der Waals surface area contributed by atoms with Gasteiger partial charge in [0.1, 0.15) is 11.6 Å². The molecule has 0 saturated carbocycles. The quantitative estimate of drug-likeness (QED) is 0.701. The number of halogens is 1. The predicted octanol–water partition coefficient (Wildman–Crippen LogP) is 0.291. The first-order valence-electron chi connectivity index (χ1n) is 6.69. The second-order valence-corrected chi connectivity index (χ2v) is 4.84. The van der Waals surface area contributed by atoms with E-state index in [9.17, 15) is 14.3 Å². The second kappa shape index (κ2) is 7.21. The molecule has 3 N–H and O–H groups in total. The average molecular weight is 282 g/mol. The molecule has 5 nitrogen and oxygen atoms in total. The topological polar surface area (TPSA) is 70.6 Å². The van der Waals surface area contributed by atoms with E-state index in [4.69, 9.17) is 4.74 Å². The molecule has 1 aromatic carbocycles. The van der Waals surface area contributed by atoms with Crippen LogP contribution in [0, 0.1) is 11.7 Å². The van der Waals surface area contributed by atoms with Crippen LogP contribution in [0.3, 0.4) is 0 Å². The van der Waals surface area contributed by atoms with E-state index in [1.807, 2.05) is 0 Å². The predicted molar refractivity (Wildman–Crippen MR) is 71.9 cm³/mol. The van der Waals surface area contributed by atoms with Gasteiger partial charge in [0.15, 0.2) is 0 Å². The minimum Gasteiger partial charge on any atom is -0.493 e. The number of aliphatic hydroxyl groups is 1. The van der Waals surface area contributed by atoms with Gasteiger partial charge in [-0.3, -0.25) is 4.79 Å². The van der Waals surface area contributed by atoms with Crippen LogP contribution in [0.15, 0.2) is 24.3 Å². The number of amides is 1. The van der Waals surface area contributed by atoms with E-state index in [2.05, 4.69) is 10.6 Å². The minimum absolute atomic E-state index is 0.0666. The first kappa shape index (κ1) is 14.7. The Labute approximate surface area is 117 Å². The number of carbonyl (C=O) groups is 1. The lowest BCUT2D eigenvalue weighted by Crippen LogP contribution is -2.34. The van der Waals surface area contributed by atoms with Crippen molar-refractivity contribution in [3.63, 3.8) is 0 Å². The number of carbonyl (C=O) groups excluding carboxylic acids is 1. The van der Waals surface area contributed by atoms with E-state index in [0.717, 1.165) is 0 Å². The summed E-state index contributed by atoms with van der Waals surface area (Å²) in [7, 11) is 0. The van der Waals surface area contributed by atoms with E-state index in [-0.39, 0.29) is 30.7 Å². The molecule has 0 radical (unpaired) electrons. The Morgan fingerprint density at radius 1 is 1.40 bits per heavy atom. The van der Waals surface area contributed by atoms with Gasteiger partial charge in [0.05, 0.1) is 19.1 Å². The molecule has 1 aliphatic heterocycles. The van der Waals surface area contributed by atoms with Crippen molar-refractivity contribution in [2.45, 2.75) is 12.5 Å². The highest BCUT2D eigenvalue weighted by atomic mass is 19.1. The normalized spacial score (nSPS) is 21.7. The van der Waals surface area contributed by atoms with Crippen LogP contribution in [-0.4, -0.2) is 43.4 Å². The van der Waals surface area contributed by atoms with Crippen LogP contribution in [0.5, 0.6) is 5.75 Å². The molecule has 6 heteroatoms. The zero-order valence-corrected chi connectivity index (χ0v) is 11.1. The lowest BCUT2D eigenvalue weighted by molar-refractivity contribution is -0.121. The maximum absolute atomic E-state index is 12.7. The zero-order valence-electron chi connectivity index (χ0n) is 11.1. The summed E-state index contributed by atoms with van der Waals surface area (Å²) in [4.78, 5) is 11.6. The summed E-state index contributed by atoms with van der Waals surface area (Å²) < 4.78 is 18.0. The number of nitrogens with one attached hydrogen (secondary N) is 2. The molecule has 0 aliphatic carbocycles. The van der Waals surface area contributed by atoms with Crippen LogP contribution < -0.4 is 15.4 Å². The summed E-state index contributed by atoms with van der Waals surface area (Å²) in [6, 6.07) is 5.66. The molecule has 2 atom stereocenters. The molecule has 0 aromatic heterocycles. The number of aliphatic hydroxyl groups excluding tert-OH is 1. The van der Waals surface area contributed by atoms with Gasteiger partial charge in [-0.25, -0.2) is 4.39 Å². The maximum atomic E-state index is 12.7. The molecule has 0 spiro atoms. The first-order chi connectivity index (χ1) is 9.65. The summed E-state index contributed by atoms with van der Waals surface area (Å²) >= 11 is 0. The van der Waals surface area contributed by atoms with E-state index in [1.54, 1.807) is 0 Å². The van der Waals surface area contributed by atoms with Crippen molar-refractivity contribution >= 4 is 5.91 Å². The highest BCUT2D eigenvalue weighted by Crippen LogP contribution is 2.11. The Kier molecular flexibility index (Phi) is 5.31. The Morgan fingerprint density at radius 3 is 2.80 bits per heavy atom. The Bertz CT molecular complexity index is 439. The van der Waals surface area contributed by atoms with Gasteiger partial charge in [-0.05, 0) is 24.3 Å². The minimum atomic E-state index is -0.397. The van der Waals surface area contributed by atoms with Crippen LogP contribution in [-0.2, 0) is 4.79 Å². The van der Waals surface area contributed by atoms with Crippen LogP contribution in [0.4, 0.5) is 4.39 Å². The van der Waals surface area contributed by atoms with Crippen molar-refractivity contribution in [2.75, 3.05) is 26.2 Å². The van der Waals surface area contributed by atoms with Crippen LogP contribution in [0.1, 0.15) is 6.42 Å².